The van der Waals surface area contributed by atoms with Gasteiger partial charge in [-0.15, -0.1) is 0 Å². The molecule has 31 heavy (non-hydrogen) atoms. The zero-order valence-corrected chi connectivity index (χ0v) is 19.2. The van der Waals surface area contributed by atoms with Crippen molar-refractivity contribution in [2.45, 2.75) is 39.0 Å². The van der Waals surface area contributed by atoms with Gasteiger partial charge < -0.3 is 10.1 Å². The van der Waals surface area contributed by atoms with Crippen molar-refractivity contribution in [3.05, 3.63) is 59.7 Å². The maximum absolute atomic E-state index is 12.4. The van der Waals surface area contributed by atoms with Crippen molar-refractivity contribution in [1.29, 1.82) is 0 Å². The molecule has 1 heterocycles. The Kier molecular flexibility index (Phi) is 7.56. The Bertz CT molecular complexity index is 969. The fraction of sp³-hybridized carbons (Fsp3) is 0.435. The van der Waals surface area contributed by atoms with Crippen molar-refractivity contribution in [3.63, 3.8) is 0 Å². The summed E-state index contributed by atoms with van der Waals surface area (Å²) in [4.78, 5) is 14.9. The van der Waals surface area contributed by atoms with Crippen LogP contribution in [-0.2, 0) is 27.9 Å². The van der Waals surface area contributed by atoms with Crippen LogP contribution in [0.25, 0.3) is 0 Å². The zero-order valence-electron chi connectivity index (χ0n) is 18.4. The van der Waals surface area contributed by atoms with Gasteiger partial charge in [0.15, 0.2) is 6.10 Å². The predicted molar refractivity (Wildman–Crippen MR) is 123 cm³/mol. The molecule has 0 aromatic heterocycles. The van der Waals surface area contributed by atoms with Crippen molar-refractivity contribution in [1.82, 2.24) is 10.2 Å². The van der Waals surface area contributed by atoms with Crippen LogP contribution in [0.15, 0.2) is 48.5 Å². The van der Waals surface area contributed by atoms with Gasteiger partial charge in [-0.3, -0.25) is 14.0 Å². The Morgan fingerprint density at radius 1 is 1.06 bits per heavy atom. The summed E-state index contributed by atoms with van der Waals surface area (Å²) in [6.07, 6.45) is 3.04. The van der Waals surface area contributed by atoms with Gasteiger partial charge in [0, 0.05) is 20.1 Å². The molecule has 1 fully saturated rings. The molecule has 1 aliphatic rings. The number of benzene rings is 2. The average molecular weight is 446 g/mol. The minimum Gasteiger partial charge on any atom is -0.481 e. The molecule has 0 spiro atoms. The number of rotatable bonds is 9. The van der Waals surface area contributed by atoms with Crippen molar-refractivity contribution in [2.24, 2.45) is 0 Å². The molecule has 7 nitrogen and oxygen atoms in total. The SMILES string of the molecule is CC(Oc1ccc(N(C)S(C)(=O)=O)cc1)C(=O)NCc1ccc(CN2CCCC2)cc1. The second-order valence-corrected chi connectivity index (χ2v) is 10.0. The average Bonchev–Trinajstić information content (AvgIpc) is 3.25. The van der Waals surface area contributed by atoms with E-state index in [9.17, 15) is 13.2 Å². The highest BCUT2D eigenvalue weighted by Gasteiger charge is 2.16. The fourth-order valence-electron chi connectivity index (χ4n) is 3.48. The maximum Gasteiger partial charge on any atom is 0.261 e. The number of anilines is 1. The normalized spacial score (nSPS) is 15.5. The molecule has 0 bridgehead atoms. The van der Waals surface area contributed by atoms with E-state index in [1.54, 1.807) is 31.2 Å². The third-order valence-electron chi connectivity index (χ3n) is 5.47. The molecule has 1 saturated heterocycles. The van der Waals surface area contributed by atoms with E-state index >= 15 is 0 Å². The molecule has 1 aliphatic heterocycles. The summed E-state index contributed by atoms with van der Waals surface area (Å²) in [7, 11) is -1.84. The standard InChI is InChI=1S/C23H31N3O4S/c1-18(30-22-12-10-21(11-13-22)25(2)31(3,28)29)23(27)24-16-19-6-8-20(9-7-19)17-26-14-4-5-15-26/h6-13,18H,4-5,14-17H2,1-3H3,(H,24,27). The van der Waals surface area contributed by atoms with Gasteiger partial charge in [-0.25, -0.2) is 8.42 Å². The number of amides is 1. The first-order valence-electron chi connectivity index (χ1n) is 10.5. The van der Waals surface area contributed by atoms with Crippen LogP contribution in [0.1, 0.15) is 30.9 Å². The van der Waals surface area contributed by atoms with Crippen LogP contribution in [0.5, 0.6) is 5.75 Å². The Balaban J connectivity index is 1.47. The van der Waals surface area contributed by atoms with Crippen LogP contribution in [-0.4, -0.2) is 51.7 Å². The molecular weight excluding hydrogens is 414 g/mol. The van der Waals surface area contributed by atoms with Gasteiger partial charge >= 0.3 is 0 Å². The van der Waals surface area contributed by atoms with Gasteiger partial charge in [0.25, 0.3) is 5.91 Å². The fourth-order valence-corrected chi connectivity index (χ4v) is 3.98. The Hall–Kier alpha value is -2.58. The zero-order chi connectivity index (χ0) is 22.4. The first kappa shape index (κ1) is 23.1. The van der Waals surface area contributed by atoms with Gasteiger partial charge in [0.05, 0.1) is 11.9 Å². The highest BCUT2D eigenvalue weighted by Crippen LogP contribution is 2.21. The molecule has 1 unspecified atom stereocenters. The van der Waals surface area contributed by atoms with E-state index in [0.717, 1.165) is 18.4 Å². The van der Waals surface area contributed by atoms with Gasteiger partial charge in [0.2, 0.25) is 10.0 Å². The maximum atomic E-state index is 12.4. The van der Waals surface area contributed by atoms with Crippen molar-refractivity contribution in [3.8, 4) is 5.75 Å². The van der Waals surface area contributed by atoms with E-state index in [2.05, 4.69) is 22.3 Å². The molecule has 3 rings (SSSR count). The second kappa shape index (κ2) is 10.2. The molecule has 1 amide bonds. The summed E-state index contributed by atoms with van der Waals surface area (Å²) >= 11 is 0. The van der Waals surface area contributed by atoms with Crippen LogP contribution >= 0.6 is 0 Å². The number of ether oxygens (including phenoxy) is 1. The van der Waals surface area contributed by atoms with Gasteiger partial charge in [-0.05, 0) is 68.2 Å². The number of carbonyl (C=O) groups excluding carboxylic acids is 1. The lowest BCUT2D eigenvalue weighted by Gasteiger charge is -2.18. The number of likely N-dealkylation sites (tertiary alicyclic amines) is 1. The summed E-state index contributed by atoms with van der Waals surface area (Å²) in [5, 5.41) is 2.90. The topological polar surface area (TPSA) is 78.9 Å². The highest BCUT2D eigenvalue weighted by molar-refractivity contribution is 7.92. The minimum absolute atomic E-state index is 0.210. The number of sulfonamides is 1. The molecular formula is C23H31N3O4S. The van der Waals surface area contributed by atoms with Crippen molar-refractivity contribution < 1.29 is 17.9 Å². The highest BCUT2D eigenvalue weighted by atomic mass is 32.2. The monoisotopic (exact) mass is 445 g/mol. The quantitative estimate of drug-likeness (QED) is 0.642. The largest absolute Gasteiger partial charge is 0.481 e. The molecule has 2 aromatic carbocycles. The van der Waals surface area contributed by atoms with E-state index in [4.69, 9.17) is 4.74 Å². The lowest BCUT2D eigenvalue weighted by atomic mass is 10.1. The molecule has 168 valence electrons. The van der Waals surface area contributed by atoms with E-state index in [1.807, 2.05) is 12.1 Å². The lowest BCUT2D eigenvalue weighted by Crippen LogP contribution is -2.35. The first-order chi connectivity index (χ1) is 14.7. The van der Waals surface area contributed by atoms with E-state index in [-0.39, 0.29) is 5.91 Å². The van der Waals surface area contributed by atoms with E-state index in [1.165, 1.54) is 42.8 Å². The van der Waals surface area contributed by atoms with Crippen LogP contribution in [0, 0.1) is 0 Å². The third kappa shape index (κ3) is 6.70. The summed E-state index contributed by atoms with van der Waals surface area (Å²) in [5.74, 6) is 0.290. The Morgan fingerprint density at radius 3 is 2.23 bits per heavy atom. The molecule has 0 aliphatic carbocycles. The van der Waals surface area contributed by atoms with Crippen LogP contribution < -0.4 is 14.4 Å². The van der Waals surface area contributed by atoms with E-state index < -0.39 is 16.1 Å². The molecule has 0 radical (unpaired) electrons. The minimum atomic E-state index is -3.32. The van der Waals surface area contributed by atoms with Gasteiger partial charge in [0.1, 0.15) is 5.75 Å². The lowest BCUT2D eigenvalue weighted by molar-refractivity contribution is -0.127. The molecule has 1 N–H and O–H groups in total. The molecule has 8 heteroatoms. The summed E-state index contributed by atoms with van der Waals surface area (Å²) in [6.45, 7) is 5.45. The molecule has 2 aromatic rings. The van der Waals surface area contributed by atoms with Gasteiger partial charge in [-0.2, -0.15) is 0 Å². The predicted octanol–water partition coefficient (Wildman–Crippen LogP) is 2.76. The smallest absolute Gasteiger partial charge is 0.261 e. The number of hydrogen-bond donors (Lipinski definition) is 1. The number of carbonyl (C=O) groups is 1. The third-order valence-corrected chi connectivity index (χ3v) is 6.68. The van der Waals surface area contributed by atoms with Crippen LogP contribution in [0.2, 0.25) is 0 Å². The molecule has 0 saturated carbocycles. The van der Waals surface area contributed by atoms with Crippen molar-refractivity contribution >= 4 is 21.6 Å². The van der Waals surface area contributed by atoms with Gasteiger partial charge in [-0.1, -0.05) is 24.3 Å². The molecule has 1 atom stereocenters. The number of nitrogens with one attached hydrogen (secondary N) is 1. The Morgan fingerprint density at radius 2 is 1.65 bits per heavy atom. The van der Waals surface area contributed by atoms with Crippen molar-refractivity contribution in [2.75, 3.05) is 30.7 Å². The van der Waals surface area contributed by atoms with E-state index in [0.29, 0.717) is 18.0 Å². The first-order valence-corrected chi connectivity index (χ1v) is 12.4. The number of hydrogen-bond acceptors (Lipinski definition) is 5. The number of nitrogens with zero attached hydrogens (tertiary/aromatic N) is 2. The summed E-state index contributed by atoms with van der Waals surface area (Å²) < 4.78 is 30.1. The summed E-state index contributed by atoms with van der Waals surface area (Å²) in [6, 6.07) is 14.9. The Labute approximate surface area is 185 Å². The second-order valence-electron chi connectivity index (χ2n) is 8.00. The van der Waals surface area contributed by atoms with Crippen LogP contribution in [0.4, 0.5) is 5.69 Å². The van der Waals surface area contributed by atoms with Crippen LogP contribution in [0.3, 0.4) is 0 Å². The summed E-state index contributed by atoms with van der Waals surface area (Å²) in [5.41, 5.74) is 2.86.